The molecule has 0 heterocycles. The van der Waals surface area contributed by atoms with E-state index in [-0.39, 0.29) is 0 Å². The van der Waals surface area contributed by atoms with E-state index in [1.165, 1.54) is 19.3 Å². The smallest absolute Gasteiger partial charge is 0.325 e. The van der Waals surface area contributed by atoms with Gasteiger partial charge in [0.15, 0.2) is 0 Å². The summed E-state index contributed by atoms with van der Waals surface area (Å²) in [6, 6.07) is 0. The molecule has 0 bridgehead atoms. The Morgan fingerprint density at radius 1 is 1.41 bits per heavy atom. The van der Waals surface area contributed by atoms with E-state index in [9.17, 15) is 9.90 Å². The highest BCUT2D eigenvalue weighted by Gasteiger charge is 2.50. The van der Waals surface area contributed by atoms with Crippen LogP contribution in [0.2, 0.25) is 0 Å². The molecule has 3 nitrogen and oxygen atoms in total. The maximum Gasteiger partial charge on any atom is 0.325 e. The summed E-state index contributed by atoms with van der Waals surface area (Å²) in [6.07, 6.45) is 5.80. The van der Waals surface area contributed by atoms with E-state index in [2.05, 4.69) is 12.2 Å². The van der Waals surface area contributed by atoms with Crippen molar-refractivity contribution in [1.29, 1.82) is 0 Å². The van der Waals surface area contributed by atoms with E-state index in [4.69, 9.17) is 0 Å². The number of rotatable bonds is 10. The van der Waals surface area contributed by atoms with Gasteiger partial charge in [0.1, 0.15) is 5.54 Å². The molecule has 0 radical (unpaired) electrons. The van der Waals surface area contributed by atoms with Crippen molar-refractivity contribution in [2.45, 2.75) is 51.5 Å². The lowest BCUT2D eigenvalue weighted by Crippen LogP contribution is -2.56. The molecular weight excluding hydrogens is 234 g/mol. The summed E-state index contributed by atoms with van der Waals surface area (Å²) in [5, 5.41) is 12.7. The summed E-state index contributed by atoms with van der Waals surface area (Å²) in [7, 11) is 0. The molecule has 0 aromatic rings. The summed E-state index contributed by atoms with van der Waals surface area (Å²) in [5.74, 6) is 1.48. The second kappa shape index (κ2) is 7.27. The van der Waals surface area contributed by atoms with Crippen molar-refractivity contribution >= 4 is 17.7 Å². The van der Waals surface area contributed by atoms with Gasteiger partial charge in [0.2, 0.25) is 0 Å². The first-order valence-electron chi connectivity index (χ1n) is 6.73. The van der Waals surface area contributed by atoms with Gasteiger partial charge in [-0.15, -0.1) is 0 Å². The van der Waals surface area contributed by atoms with Crippen LogP contribution in [0.1, 0.15) is 46.0 Å². The Morgan fingerprint density at radius 3 is 2.59 bits per heavy atom. The number of aliphatic carboxylic acids is 1. The second-order valence-electron chi connectivity index (χ2n) is 4.84. The Bertz CT molecular complexity index is 244. The molecule has 0 aliphatic heterocycles. The van der Waals surface area contributed by atoms with Gasteiger partial charge in [0, 0.05) is 5.75 Å². The van der Waals surface area contributed by atoms with Gasteiger partial charge in [-0.05, 0) is 37.5 Å². The van der Waals surface area contributed by atoms with Crippen molar-refractivity contribution < 1.29 is 9.90 Å². The molecule has 0 saturated heterocycles. The maximum atomic E-state index is 11.5. The van der Waals surface area contributed by atoms with E-state index in [1.54, 1.807) is 11.8 Å². The fourth-order valence-electron chi connectivity index (χ4n) is 2.20. The van der Waals surface area contributed by atoms with Crippen LogP contribution in [0, 0.1) is 5.92 Å². The Hall–Kier alpha value is -0.220. The highest BCUT2D eigenvalue weighted by molar-refractivity contribution is 7.99. The quantitative estimate of drug-likeness (QED) is 0.592. The molecule has 0 aromatic carbocycles. The molecule has 1 aliphatic rings. The second-order valence-corrected chi connectivity index (χ2v) is 5.95. The van der Waals surface area contributed by atoms with Crippen LogP contribution in [0.25, 0.3) is 0 Å². The van der Waals surface area contributed by atoms with Crippen LogP contribution in [-0.2, 0) is 4.79 Å². The minimum absolute atomic E-state index is 0.346. The summed E-state index contributed by atoms with van der Waals surface area (Å²) in [6.45, 7) is 4.91. The molecule has 1 atom stereocenters. The Kier molecular flexibility index (Phi) is 6.34. The van der Waals surface area contributed by atoms with Gasteiger partial charge in [-0.1, -0.05) is 26.7 Å². The standard InChI is InChI=1S/C13H25NO2S/c1-3-5-6-9-17-10-13(12(15)16,14-4-2)11-7-8-11/h11,14H,3-10H2,1-2H3,(H,15,16). The number of hydrogen-bond donors (Lipinski definition) is 2. The van der Waals surface area contributed by atoms with E-state index in [1.807, 2.05) is 6.92 Å². The zero-order chi connectivity index (χ0) is 12.7. The van der Waals surface area contributed by atoms with Gasteiger partial charge in [0.05, 0.1) is 0 Å². The third-order valence-corrected chi connectivity index (χ3v) is 4.61. The number of nitrogens with one attached hydrogen (secondary N) is 1. The van der Waals surface area contributed by atoms with Gasteiger partial charge in [-0.25, -0.2) is 0 Å². The minimum Gasteiger partial charge on any atom is -0.480 e. The first kappa shape index (κ1) is 14.8. The van der Waals surface area contributed by atoms with Crippen molar-refractivity contribution in [2.24, 2.45) is 5.92 Å². The number of carbonyl (C=O) groups is 1. The molecule has 17 heavy (non-hydrogen) atoms. The van der Waals surface area contributed by atoms with Crippen LogP contribution in [0.5, 0.6) is 0 Å². The molecule has 1 unspecified atom stereocenters. The topological polar surface area (TPSA) is 49.3 Å². The van der Waals surface area contributed by atoms with Gasteiger partial charge in [-0.2, -0.15) is 11.8 Å². The lowest BCUT2D eigenvalue weighted by atomic mass is 9.96. The largest absolute Gasteiger partial charge is 0.480 e. The summed E-state index contributed by atoms with van der Waals surface area (Å²) in [4.78, 5) is 11.5. The van der Waals surface area contributed by atoms with Crippen LogP contribution in [0.15, 0.2) is 0 Å². The highest BCUT2D eigenvalue weighted by atomic mass is 32.2. The van der Waals surface area contributed by atoms with Gasteiger partial charge < -0.3 is 10.4 Å². The number of thioether (sulfide) groups is 1. The molecule has 100 valence electrons. The molecule has 1 fully saturated rings. The van der Waals surface area contributed by atoms with Gasteiger partial charge in [-0.3, -0.25) is 4.79 Å². The normalized spacial score (nSPS) is 18.9. The van der Waals surface area contributed by atoms with E-state index in [0.717, 1.165) is 25.1 Å². The zero-order valence-electron chi connectivity index (χ0n) is 11.0. The fourth-order valence-corrected chi connectivity index (χ4v) is 3.54. The first-order chi connectivity index (χ1) is 8.17. The van der Waals surface area contributed by atoms with Crippen molar-refractivity contribution in [1.82, 2.24) is 5.32 Å². The molecule has 1 saturated carbocycles. The minimum atomic E-state index is -0.662. The highest BCUT2D eigenvalue weighted by Crippen LogP contribution is 2.41. The number of carboxylic acid groups (broad SMARTS) is 1. The Labute approximate surface area is 109 Å². The van der Waals surface area contributed by atoms with Crippen molar-refractivity contribution in [3.05, 3.63) is 0 Å². The monoisotopic (exact) mass is 259 g/mol. The van der Waals surface area contributed by atoms with Crippen LogP contribution >= 0.6 is 11.8 Å². The third kappa shape index (κ3) is 4.18. The SMILES string of the molecule is CCCCCSCC(NCC)(C(=O)O)C1CC1. The molecule has 1 rings (SSSR count). The molecule has 2 N–H and O–H groups in total. The third-order valence-electron chi connectivity index (χ3n) is 3.37. The summed E-state index contributed by atoms with van der Waals surface area (Å²) < 4.78 is 0. The molecule has 0 amide bonds. The molecule has 0 aromatic heterocycles. The van der Waals surface area contributed by atoms with Gasteiger partial charge >= 0.3 is 5.97 Å². The predicted octanol–water partition coefficient (Wildman–Crippen LogP) is 2.75. The molecule has 1 aliphatic carbocycles. The summed E-state index contributed by atoms with van der Waals surface area (Å²) >= 11 is 1.79. The lowest BCUT2D eigenvalue weighted by molar-refractivity contribution is -0.144. The van der Waals surface area contributed by atoms with E-state index < -0.39 is 11.5 Å². The molecule has 0 spiro atoms. The Balaban J connectivity index is 2.42. The number of hydrogen-bond acceptors (Lipinski definition) is 3. The van der Waals surface area contributed by atoms with E-state index in [0.29, 0.717) is 11.7 Å². The van der Waals surface area contributed by atoms with Crippen molar-refractivity contribution in [3.63, 3.8) is 0 Å². The van der Waals surface area contributed by atoms with E-state index >= 15 is 0 Å². The van der Waals surface area contributed by atoms with Crippen LogP contribution < -0.4 is 5.32 Å². The average molecular weight is 259 g/mol. The number of unbranched alkanes of at least 4 members (excludes halogenated alkanes) is 2. The fraction of sp³-hybridized carbons (Fsp3) is 0.923. The number of carboxylic acids is 1. The molecule has 4 heteroatoms. The first-order valence-corrected chi connectivity index (χ1v) is 7.89. The predicted molar refractivity (Wildman–Crippen MR) is 73.6 cm³/mol. The van der Waals surface area contributed by atoms with Crippen LogP contribution in [-0.4, -0.2) is 34.7 Å². The molecular formula is C13H25NO2S. The Morgan fingerprint density at radius 2 is 2.12 bits per heavy atom. The van der Waals surface area contributed by atoms with Crippen molar-refractivity contribution in [2.75, 3.05) is 18.1 Å². The number of likely N-dealkylation sites (N-methyl/N-ethyl adjacent to an activating group) is 1. The van der Waals surface area contributed by atoms with Gasteiger partial charge in [0.25, 0.3) is 0 Å². The summed E-state index contributed by atoms with van der Waals surface area (Å²) in [5.41, 5.74) is -0.661. The van der Waals surface area contributed by atoms with Crippen LogP contribution in [0.3, 0.4) is 0 Å². The lowest BCUT2D eigenvalue weighted by Gasteiger charge is -2.30. The average Bonchev–Trinajstić information content (AvgIpc) is 3.11. The van der Waals surface area contributed by atoms with Crippen LogP contribution in [0.4, 0.5) is 0 Å². The maximum absolute atomic E-state index is 11.5. The van der Waals surface area contributed by atoms with Crippen molar-refractivity contribution in [3.8, 4) is 0 Å². The zero-order valence-corrected chi connectivity index (χ0v) is 11.8.